The molecule has 5 heteroatoms. The maximum absolute atomic E-state index is 5.02. The summed E-state index contributed by atoms with van der Waals surface area (Å²) in [4.78, 5) is 1.14. The molecule has 0 amide bonds. The van der Waals surface area contributed by atoms with Crippen LogP contribution >= 0.6 is 0 Å². The third-order valence-electron chi connectivity index (χ3n) is 0.441. The van der Waals surface area contributed by atoms with Gasteiger partial charge in [-0.15, -0.1) is 5.10 Å². The van der Waals surface area contributed by atoms with Crippen molar-refractivity contribution in [2.75, 3.05) is 5.84 Å². The van der Waals surface area contributed by atoms with E-state index in [9.17, 15) is 0 Å². The standard InChI is InChI=1S/C2H4N4.Na.H/c3-6-2-1-4-5-6;;/h1-2H,3H2;;. The molecule has 0 spiro atoms. The predicted octanol–water partition coefficient (Wildman–Crippen LogP) is -1.66. The summed E-state index contributed by atoms with van der Waals surface area (Å²) >= 11 is 0. The first-order valence-corrected chi connectivity index (χ1v) is 1.51. The van der Waals surface area contributed by atoms with Crippen LogP contribution < -0.4 is 5.84 Å². The van der Waals surface area contributed by atoms with Gasteiger partial charge in [0.05, 0.1) is 12.4 Å². The van der Waals surface area contributed by atoms with E-state index in [4.69, 9.17) is 5.84 Å². The van der Waals surface area contributed by atoms with Crippen molar-refractivity contribution in [2.45, 2.75) is 0 Å². The summed E-state index contributed by atoms with van der Waals surface area (Å²) in [5.41, 5.74) is 0. The van der Waals surface area contributed by atoms with Crippen LogP contribution in [0, 0.1) is 0 Å². The van der Waals surface area contributed by atoms with Crippen molar-refractivity contribution in [2.24, 2.45) is 0 Å². The van der Waals surface area contributed by atoms with Crippen LogP contribution in [-0.2, 0) is 0 Å². The van der Waals surface area contributed by atoms with Gasteiger partial charge in [0.15, 0.2) is 0 Å². The van der Waals surface area contributed by atoms with Crippen LogP contribution in [0.1, 0.15) is 0 Å². The third kappa shape index (κ3) is 1.91. The number of hydrogen-bond donors (Lipinski definition) is 1. The first-order chi connectivity index (χ1) is 2.89. The maximum atomic E-state index is 5.02. The van der Waals surface area contributed by atoms with Crippen LogP contribution in [0.3, 0.4) is 0 Å². The number of nitrogen functional groups attached to an aromatic ring is 1. The molecule has 34 valence electrons. The molecule has 1 rings (SSSR count). The van der Waals surface area contributed by atoms with E-state index in [0.717, 1.165) is 4.79 Å². The van der Waals surface area contributed by atoms with Crippen molar-refractivity contribution in [1.82, 2.24) is 15.1 Å². The summed E-state index contributed by atoms with van der Waals surface area (Å²) in [6.45, 7) is 0. The molecule has 0 fully saturated rings. The van der Waals surface area contributed by atoms with Crippen molar-refractivity contribution >= 4 is 29.6 Å². The van der Waals surface area contributed by atoms with Gasteiger partial charge in [-0.2, -0.15) is 4.79 Å². The molecule has 2 N–H and O–H groups in total. The van der Waals surface area contributed by atoms with E-state index in [1.54, 1.807) is 6.20 Å². The monoisotopic (exact) mass is 108 g/mol. The summed E-state index contributed by atoms with van der Waals surface area (Å²) < 4.78 is 0. The van der Waals surface area contributed by atoms with Gasteiger partial charge >= 0.3 is 29.6 Å². The second-order valence-corrected chi connectivity index (χ2v) is 0.883. The van der Waals surface area contributed by atoms with Crippen LogP contribution in [-0.4, -0.2) is 44.7 Å². The summed E-state index contributed by atoms with van der Waals surface area (Å²) in [5, 5.41) is 6.77. The number of rotatable bonds is 0. The molecular formula is C2H5N4Na. The molecule has 4 nitrogen and oxygen atoms in total. The van der Waals surface area contributed by atoms with E-state index in [1.807, 2.05) is 0 Å². The van der Waals surface area contributed by atoms with Gasteiger partial charge in [-0.3, -0.25) is 0 Å². The van der Waals surface area contributed by atoms with Crippen LogP contribution in [0.15, 0.2) is 12.4 Å². The molecule has 0 saturated carbocycles. The number of nitrogens with two attached hydrogens (primary N) is 1. The molecular weight excluding hydrogens is 103 g/mol. The second-order valence-electron chi connectivity index (χ2n) is 0.883. The van der Waals surface area contributed by atoms with E-state index in [1.165, 1.54) is 6.20 Å². The topological polar surface area (TPSA) is 56.7 Å². The summed E-state index contributed by atoms with van der Waals surface area (Å²) in [6.07, 6.45) is 3.07. The zero-order valence-corrected chi connectivity index (χ0v) is 3.07. The number of nitrogens with zero attached hydrogens (tertiary/aromatic N) is 3. The zero-order chi connectivity index (χ0) is 4.41. The molecule has 0 saturated heterocycles. The van der Waals surface area contributed by atoms with E-state index < -0.39 is 0 Å². The van der Waals surface area contributed by atoms with E-state index in [-0.39, 0.29) is 29.6 Å². The van der Waals surface area contributed by atoms with Gasteiger partial charge in [0.1, 0.15) is 0 Å². The molecule has 0 unspecified atom stereocenters. The minimum atomic E-state index is 0. The van der Waals surface area contributed by atoms with Gasteiger partial charge in [-0.05, 0) is 5.21 Å². The van der Waals surface area contributed by atoms with Gasteiger partial charge in [0, 0.05) is 0 Å². The third-order valence-corrected chi connectivity index (χ3v) is 0.441. The van der Waals surface area contributed by atoms with Crippen molar-refractivity contribution in [1.29, 1.82) is 0 Å². The molecule has 0 aromatic carbocycles. The average Bonchev–Trinajstić information content (AvgIpc) is 1.86. The molecule has 0 aliphatic heterocycles. The summed E-state index contributed by atoms with van der Waals surface area (Å²) in [7, 11) is 0. The van der Waals surface area contributed by atoms with Gasteiger partial charge < -0.3 is 5.84 Å². The van der Waals surface area contributed by atoms with Crippen LogP contribution in [0.4, 0.5) is 0 Å². The van der Waals surface area contributed by atoms with Gasteiger partial charge in [-0.1, -0.05) is 0 Å². The van der Waals surface area contributed by atoms with Crippen LogP contribution in [0.25, 0.3) is 0 Å². The fraction of sp³-hybridized carbons (Fsp3) is 0. The first-order valence-electron chi connectivity index (χ1n) is 1.51. The Labute approximate surface area is 63.0 Å². The van der Waals surface area contributed by atoms with Crippen molar-refractivity contribution in [3.05, 3.63) is 12.4 Å². The molecule has 0 radical (unpaired) electrons. The molecule has 0 aliphatic rings. The Morgan fingerprint density at radius 1 is 1.57 bits per heavy atom. The SMILES string of the molecule is Nn1ccnn1.[NaH]. The Hall–Kier alpha value is -0.0600. The Morgan fingerprint density at radius 3 is 2.43 bits per heavy atom. The van der Waals surface area contributed by atoms with Gasteiger partial charge in [0.2, 0.25) is 0 Å². The molecule has 1 aromatic heterocycles. The molecule has 0 aliphatic carbocycles. The zero-order valence-electron chi connectivity index (χ0n) is 3.07. The Balaban J connectivity index is 0.000000360. The van der Waals surface area contributed by atoms with Crippen molar-refractivity contribution in [3.63, 3.8) is 0 Å². The minimum absolute atomic E-state index is 0. The first kappa shape index (κ1) is 6.94. The Bertz CT molecular complexity index is 113. The van der Waals surface area contributed by atoms with Crippen LogP contribution in [0.2, 0.25) is 0 Å². The van der Waals surface area contributed by atoms with Gasteiger partial charge in [-0.25, -0.2) is 0 Å². The fourth-order valence-corrected chi connectivity index (χ4v) is 0.217. The van der Waals surface area contributed by atoms with Crippen molar-refractivity contribution < 1.29 is 0 Å². The summed E-state index contributed by atoms with van der Waals surface area (Å²) in [5.74, 6) is 5.02. The Morgan fingerprint density at radius 2 is 2.29 bits per heavy atom. The Kier molecular flexibility index (Phi) is 2.98. The summed E-state index contributed by atoms with van der Waals surface area (Å²) in [6, 6.07) is 0. The predicted molar refractivity (Wildman–Crippen MR) is 27.3 cm³/mol. The normalized spacial score (nSPS) is 7.43. The quantitative estimate of drug-likeness (QED) is 0.320. The molecule has 0 atom stereocenters. The molecule has 0 bridgehead atoms. The average molecular weight is 108 g/mol. The van der Waals surface area contributed by atoms with E-state index in [2.05, 4.69) is 10.3 Å². The number of aromatic nitrogens is 3. The van der Waals surface area contributed by atoms with Crippen molar-refractivity contribution in [3.8, 4) is 0 Å². The molecule has 7 heavy (non-hydrogen) atoms. The fourth-order valence-electron chi connectivity index (χ4n) is 0.217. The van der Waals surface area contributed by atoms with Crippen LogP contribution in [0.5, 0.6) is 0 Å². The van der Waals surface area contributed by atoms with E-state index >= 15 is 0 Å². The molecule has 1 aromatic rings. The molecule has 1 heterocycles. The van der Waals surface area contributed by atoms with E-state index in [0.29, 0.717) is 0 Å². The second kappa shape index (κ2) is 3.01. The van der Waals surface area contributed by atoms with Gasteiger partial charge in [0.25, 0.3) is 0 Å². The number of hydrogen-bond acceptors (Lipinski definition) is 3.